The molecule has 0 saturated heterocycles. The van der Waals surface area contributed by atoms with E-state index >= 15 is 0 Å². The Balaban J connectivity index is 1.80. The van der Waals surface area contributed by atoms with Crippen molar-refractivity contribution in [3.05, 3.63) is 53.2 Å². The van der Waals surface area contributed by atoms with E-state index in [2.05, 4.69) is 26.9 Å². The molecule has 1 N–H and O–H groups in total. The average Bonchev–Trinajstić information content (AvgIpc) is 3.18. The second-order valence-electron chi connectivity index (χ2n) is 6.37. The van der Waals surface area contributed by atoms with Crippen molar-refractivity contribution < 1.29 is 4.79 Å². The smallest absolute Gasteiger partial charge is 0.244 e. The van der Waals surface area contributed by atoms with Gasteiger partial charge in [0.15, 0.2) is 11.5 Å². The summed E-state index contributed by atoms with van der Waals surface area (Å²) in [7, 11) is 1.90. The van der Waals surface area contributed by atoms with Gasteiger partial charge in [0.05, 0.1) is 11.7 Å². The maximum Gasteiger partial charge on any atom is 0.244 e. The van der Waals surface area contributed by atoms with E-state index in [9.17, 15) is 4.79 Å². The molecule has 0 bridgehead atoms. The highest BCUT2D eigenvalue weighted by atomic mass is 32.2. The molecule has 0 radical (unpaired) electrons. The molecule has 27 heavy (non-hydrogen) atoms. The Morgan fingerprint density at radius 3 is 2.85 bits per heavy atom. The van der Waals surface area contributed by atoms with Gasteiger partial charge < -0.3 is 5.32 Å². The van der Waals surface area contributed by atoms with E-state index in [0.717, 1.165) is 40.6 Å². The summed E-state index contributed by atoms with van der Waals surface area (Å²) in [5.74, 6) is 1.50. The van der Waals surface area contributed by atoms with E-state index in [4.69, 9.17) is 0 Å². The predicted molar refractivity (Wildman–Crippen MR) is 109 cm³/mol. The number of aromatic nitrogens is 5. The lowest BCUT2D eigenvalue weighted by molar-refractivity contribution is -0.117. The quantitative estimate of drug-likeness (QED) is 0.634. The van der Waals surface area contributed by atoms with Crippen LogP contribution in [0, 0.1) is 13.8 Å². The molecule has 3 heterocycles. The Morgan fingerprint density at radius 2 is 2.15 bits per heavy atom. The summed E-state index contributed by atoms with van der Waals surface area (Å²) in [6.07, 6.45) is 8.13. The molecular weight excluding hydrogens is 360 g/mol. The van der Waals surface area contributed by atoms with Crippen LogP contribution in [0.4, 0.5) is 0 Å². The second kappa shape index (κ2) is 8.39. The number of carbonyl (C=O) groups excluding carboxylic acids is 1. The van der Waals surface area contributed by atoms with Crippen LogP contribution < -0.4 is 5.32 Å². The van der Waals surface area contributed by atoms with Gasteiger partial charge in [-0.3, -0.25) is 13.9 Å². The number of thioether (sulfide) groups is 1. The average molecular weight is 385 g/mol. The van der Waals surface area contributed by atoms with Crippen molar-refractivity contribution >= 4 is 29.4 Å². The Morgan fingerprint density at radius 1 is 1.33 bits per heavy atom. The highest BCUT2D eigenvalue weighted by Crippen LogP contribution is 2.19. The number of amides is 1. The van der Waals surface area contributed by atoms with E-state index in [-0.39, 0.29) is 11.9 Å². The molecule has 1 amide bonds. The third-order valence-electron chi connectivity index (χ3n) is 4.55. The predicted octanol–water partition coefficient (Wildman–Crippen LogP) is 2.70. The van der Waals surface area contributed by atoms with Gasteiger partial charge in [-0.1, -0.05) is 6.07 Å². The molecule has 3 rings (SSSR count). The third-order valence-corrected chi connectivity index (χ3v) is 5.19. The van der Waals surface area contributed by atoms with Crippen LogP contribution in [0.5, 0.6) is 0 Å². The van der Waals surface area contributed by atoms with Gasteiger partial charge in [0.2, 0.25) is 5.91 Å². The van der Waals surface area contributed by atoms with Gasteiger partial charge in [0, 0.05) is 30.6 Å². The van der Waals surface area contributed by atoms with Crippen LogP contribution in [-0.4, -0.2) is 42.3 Å². The van der Waals surface area contributed by atoms with Gasteiger partial charge in [0.25, 0.3) is 0 Å². The van der Waals surface area contributed by atoms with Crippen molar-refractivity contribution in [1.82, 2.24) is 29.7 Å². The standard InChI is InChI=1S/C19H24N6OS/c1-13-15(14(2)24(3)23-13)8-9-18(26)20-16(10-12-27-4)19-22-21-17-7-5-6-11-25(17)19/h5-9,11,16H,10,12H2,1-4H3,(H,20,26)/b9-8+. The van der Waals surface area contributed by atoms with Crippen molar-refractivity contribution in [3.8, 4) is 0 Å². The zero-order valence-electron chi connectivity index (χ0n) is 16.0. The number of nitrogens with one attached hydrogen (secondary N) is 1. The first-order valence-corrected chi connectivity index (χ1v) is 10.2. The number of rotatable bonds is 7. The summed E-state index contributed by atoms with van der Waals surface area (Å²) in [6, 6.07) is 5.55. The number of nitrogens with zero attached hydrogens (tertiary/aromatic N) is 5. The minimum absolute atomic E-state index is 0.156. The maximum absolute atomic E-state index is 12.6. The van der Waals surface area contributed by atoms with Crippen LogP contribution in [0.1, 0.15) is 35.2 Å². The van der Waals surface area contributed by atoms with E-state index in [1.165, 1.54) is 0 Å². The number of hydrogen-bond donors (Lipinski definition) is 1. The fraction of sp³-hybridized carbons (Fsp3) is 0.368. The zero-order chi connectivity index (χ0) is 19.4. The van der Waals surface area contributed by atoms with Gasteiger partial charge in [-0.05, 0) is 50.5 Å². The minimum Gasteiger partial charge on any atom is -0.342 e. The minimum atomic E-state index is -0.205. The lowest BCUT2D eigenvalue weighted by Crippen LogP contribution is -2.29. The molecule has 0 saturated carbocycles. The van der Waals surface area contributed by atoms with Crippen LogP contribution in [0.25, 0.3) is 11.7 Å². The number of carbonyl (C=O) groups is 1. The molecule has 7 nitrogen and oxygen atoms in total. The first-order chi connectivity index (χ1) is 13.0. The summed E-state index contributed by atoms with van der Waals surface area (Å²) in [4.78, 5) is 12.6. The fourth-order valence-corrected chi connectivity index (χ4v) is 3.48. The number of pyridine rings is 1. The normalized spacial score (nSPS) is 12.7. The van der Waals surface area contributed by atoms with Crippen molar-refractivity contribution in [3.63, 3.8) is 0 Å². The van der Waals surface area contributed by atoms with Crippen LogP contribution in [0.2, 0.25) is 0 Å². The third kappa shape index (κ3) is 4.21. The second-order valence-corrected chi connectivity index (χ2v) is 7.36. The first kappa shape index (κ1) is 19.2. The largest absolute Gasteiger partial charge is 0.342 e. The lowest BCUT2D eigenvalue weighted by atomic mass is 10.1. The highest BCUT2D eigenvalue weighted by molar-refractivity contribution is 7.98. The van der Waals surface area contributed by atoms with E-state index in [1.54, 1.807) is 17.8 Å². The first-order valence-electron chi connectivity index (χ1n) is 8.78. The lowest BCUT2D eigenvalue weighted by Gasteiger charge is -2.16. The summed E-state index contributed by atoms with van der Waals surface area (Å²) in [5, 5.41) is 16.0. The van der Waals surface area contributed by atoms with Gasteiger partial charge >= 0.3 is 0 Å². The fourth-order valence-electron chi connectivity index (χ4n) is 3.01. The topological polar surface area (TPSA) is 77.1 Å². The Bertz CT molecular complexity index is 974. The number of hydrogen-bond acceptors (Lipinski definition) is 5. The molecule has 3 aromatic heterocycles. The molecule has 142 valence electrons. The highest BCUT2D eigenvalue weighted by Gasteiger charge is 2.19. The summed E-state index contributed by atoms with van der Waals surface area (Å²) >= 11 is 1.74. The van der Waals surface area contributed by atoms with Crippen LogP contribution in [0.3, 0.4) is 0 Å². The van der Waals surface area contributed by atoms with Gasteiger partial charge in [-0.2, -0.15) is 16.9 Å². The van der Waals surface area contributed by atoms with Crippen molar-refractivity contribution in [2.24, 2.45) is 7.05 Å². The summed E-state index contributed by atoms with van der Waals surface area (Å²) in [6.45, 7) is 3.93. The van der Waals surface area contributed by atoms with Gasteiger partial charge in [0.1, 0.15) is 0 Å². The molecule has 0 aliphatic carbocycles. The Hall–Kier alpha value is -2.61. The molecule has 8 heteroatoms. The monoisotopic (exact) mass is 384 g/mol. The van der Waals surface area contributed by atoms with E-state index < -0.39 is 0 Å². The number of aryl methyl sites for hydroxylation is 2. The molecule has 0 aromatic carbocycles. The van der Waals surface area contributed by atoms with E-state index in [1.807, 2.05) is 60.4 Å². The molecule has 0 spiro atoms. The van der Waals surface area contributed by atoms with Gasteiger partial charge in [-0.15, -0.1) is 10.2 Å². The molecule has 3 aromatic rings. The van der Waals surface area contributed by atoms with Crippen molar-refractivity contribution in [2.75, 3.05) is 12.0 Å². The molecule has 1 unspecified atom stereocenters. The zero-order valence-corrected chi connectivity index (χ0v) is 16.8. The number of fused-ring (bicyclic) bond motifs is 1. The van der Waals surface area contributed by atoms with Crippen molar-refractivity contribution in [1.29, 1.82) is 0 Å². The molecule has 0 aliphatic heterocycles. The summed E-state index contributed by atoms with van der Waals surface area (Å²) in [5.41, 5.74) is 3.68. The maximum atomic E-state index is 12.6. The molecule has 1 atom stereocenters. The summed E-state index contributed by atoms with van der Waals surface area (Å²) < 4.78 is 3.74. The Kier molecular flexibility index (Phi) is 5.95. The van der Waals surface area contributed by atoms with E-state index in [0.29, 0.717) is 0 Å². The molecular formula is C19H24N6OS. The molecule has 0 fully saturated rings. The van der Waals surface area contributed by atoms with Crippen LogP contribution >= 0.6 is 11.8 Å². The van der Waals surface area contributed by atoms with Gasteiger partial charge in [-0.25, -0.2) is 0 Å². The van der Waals surface area contributed by atoms with Crippen LogP contribution in [0.15, 0.2) is 30.5 Å². The van der Waals surface area contributed by atoms with Crippen LogP contribution in [-0.2, 0) is 11.8 Å². The molecule has 0 aliphatic rings. The van der Waals surface area contributed by atoms with Crippen molar-refractivity contribution in [2.45, 2.75) is 26.3 Å². The SMILES string of the molecule is CSCCC(NC(=O)/C=C/c1c(C)nn(C)c1C)c1nnc2ccccn12. The Labute approximate surface area is 162 Å².